The first-order valence-corrected chi connectivity index (χ1v) is 7.93. The molecule has 0 aromatic carbocycles. The maximum absolute atomic E-state index is 12.7. The number of piperazine rings is 1. The minimum absolute atomic E-state index is 0.193. The molecule has 2 fully saturated rings. The van der Waals surface area contributed by atoms with Gasteiger partial charge in [0.15, 0.2) is 0 Å². The number of nitrogens with zero attached hydrogens (tertiary/aromatic N) is 4. The van der Waals surface area contributed by atoms with E-state index >= 15 is 0 Å². The van der Waals surface area contributed by atoms with Crippen LogP contribution in [-0.2, 0) is 6.18 Å². The zero-order valence-electron chi connectivity index (χ0n) is 12.5. The molecule has 0 bridgehead atoms. The maximum Gasteiger partial charge on any atom is 0.433 e. The molecule has 0 spiro atoms. The van der Waals surface area contributed by atoms with E-state index in [1.165, 1.54) is 38.3 Å². The Kier molecular flexibility index (Phi) is 4.52. The van der Waals surface area contributed by atoms with E-state index in [1.54, 1.807) is 0 Å². The highest BCUT2D eigenvalue weighted by Crippen LogP contribution is 2.29. The summed E-state index contributed by atoms with van der Waals surface area (Å²) in [6.45, 7) is 3.14. The molecule has 0 N–H and O–H groups in total. The summed E-state index contributed by atoms with van der Waals surface area (Å²) in [6.07, 6.45) is 3.19. The van der Waals surface area contributed by atoms with Gasteiger partial charge in [-0.2, -0.15) is 13.2 Å². The Labute approximate surface area is 128 Å². The third-order valence-corrected chi connectivity index (χ3v) is 4.62. The molecular weight excluding hydrogens is 293 g/mol. The molecule has 0 atom stereocenters. The van der Waals surface area contributed by atoms with Crippen molar-refractivity contribution in [2.75, 3.05) is 31.1 Å². The number of rotatable bonds is 2. The highest BCUT2D eigenvalue weighted by Gasteiger charge is 2.33. The van der Waals surface area contributed by atoms with Crippen molar-refractivity contribution in [3.63, 3.8) is 0 Å². The molecule has 122 valence electrons. The highest BCUT2D eigenvalue weighted by molar-refractivity contribution is 5.31. The summed E-state index contributed by atoms with van der Waals surface area (Å²) in [6, 6.07) is 1.57. The lowest BCUT2D eigenvalue weighted by Crippen LogP contribution is -2.51. The van der Waals surface area contributed by atoms with E-state index < -0.39 is 11.9 Å². The summed E-state index contributed by atoms with van der Waals surface area (Å²) in [4.78, 5) is 12.0. The second kappa shape index (κ2) is 6.40. The lowest BCUT2D eigenvalue weighted by Gasteiger charge is -2.40. The fourth-order valence-corrected chi connectivity index (χ4v) is 3.39. The fraction of sp³-hybridized carbons (Fsp3) is 0.733. The van der Waals surface area contributed by atoms with Crippen molar-refractivity contribution in [1.29, 1.82) is 0 Å². The molecule has 1 aromatic heterocycles. The predicted octanol–water partition coefficient (Wildman–Crippen LogP) is 2.95. The quantitative estimate of drug-likeness (QED) is 0.840. The molecule has 1 saturated carbocycles. The molecule has 7 heteroatoms. The minimum Gasteiger partial charge on any atom is -0.338 e. The van der Waals surface area contributed by atoms with E-state index in [0.717, 1.165) is 19.2 Å². The van der Waals surface area contributed by atoms with Gasteiger partial charge in [0.25, 0.3) is 0 Å². The Hall–Kier alpha value is -1.37. The normalized spacial score (nSPS) is 22.0. The van der Waals surface area contributed by atoms with E-state index in [2.05, 4.69) is 14.9 Å². The molecule has 1 saturated heterocycles. The van der Waals surface area contributed by atoms with Gasteiger partial charge in [-0.15, -0.1) is 0 Å². The molecule has 2 heterocycles. The summed E-state index contributed by atoms with van der Waals surface area (Å²) in [5.74, 6) is 0.193. The summed E-state index contributed by atoms with van der Waals surface area (Å²) in [5.41, 5.74) is -0.868. The summed E-state index contributed by atoms with van der Waals surface area (Å²) in [5, 5.41) is 0. The Bertz CT molecular complexity index is 492. The van der Waals surface area contributed by atoms with Crippen molar-refractivity contribution in [2.45, 2.75) is 44.3 Å². The summed E-state index contributed by atoms with van der Waals surface area (Å²) >= 11 is 0. The lowest BCUT2D eigenvalue weighted by molar-refractivity contribution is -0.141. The Morgan fingerprint density at radius 1 is 1.00 bits per heavy atom. The molecule has 1 aromatic rings. The van der Waals surface area contributed by atoms with Crippen LogP contribution in [0.4, 0.5) is 19.1 Å². The number of aromatic nitrogens is 2. The van der Waals surface area contributed by atoms with Crippen LogP contribution in [0.5, 0.6) is 0 Å². The standard InChI is InChI=1S/C15H21F3N4/c16-15(17,18)13-6-7-19-14(20-13)22-10-8-21(9-11-22)12-4-2-1-3-5-12/h6-7,12H,1-5,8-11H2. The van der Waals surface area contributed by atoms with Crippen molar-refractivity contribution in [3.05, 3.63) is 18.0 Å². The Morgan fingerprint density at radius 3 is 2.32 bits per heavy atom. The lowest BCUT2D eigenvalue weighted by atomic mass is 9.94. The third-order valence-electron chi connectivity index (χ3n) is 4.62. The van der Waals surface area contributed by atoms with Crippen LogP contribution < -0.4 is 4.90 Å². The minimum atomic E-state index is -4.42. The molecule has 2 aliphatic rings. The maximum atomic E-state index is 12.7. The van der Waals surface area contributed by atoms with Gasteiger partial charge in [0.1, 0.15) is 5.69 Å². The average Bonchev–Trinajstić information content (AvgIpc) is 2.55. The fourth-order valence-electron chi connectivity index (χ4n) is 3.39. The molecule has 22 heavy (non-hydrogen) atoms. The van der Waals surface area contributed by atoms with Crippen LogP contribution in [0.2, 0.25) is 0 Å². The van der Waals surface area contributed by atoms with E-state index in [1.807, 2.05) is 4.90 Å². The zero-order valence-corrected chi connectivity index (χ0v) is 12.5. The molecule has 4 nitrogen and oxygen atoms in total. The number of hydrogen-bond acceptors (Lipinski definition) is 4. The van der Waals surface area contributed by atoms with Crippen molar-refractivity contribution < 1.29 is 13.2 Å². The van der Waals surface area contributed by atoms with Crippen LogP contribution in [0.1, 0.15) is 37.8 Å². The number of hydrogen-bond donors (Lipinski definition) is 0. The molecule has 0 amide bonds. The second-order valence-electron chi connectivity index (χ2n) is 6.05. The Morgan fingerprint density at radius 2 is 1.68 bits per heavy atom. The second-order valence-corrected chi connectivity index (χ2v) is 6.05. The molecule has 0 radical (unpaired) electrons. The van der Waals surface area contributed by atoms with Gasteiger partial charge < -0.3 is 4.90 Å². The number of anilines is 1. The Balaban J connectivity index is 1.61. The first-order chi connectivity index (χ1) is 10.5. The van der Waals surface area contributed by atoms with Gasteiger partial charge in [-0.3, -0.25) is 4.90 Å². The zero-order chi connectivity index (χ0) is 15.6. The van der Waals surface area contributed by atoms with Crippen LogP contribution in [-0.4, -0.2) is 47.1 Å². The van der Waals surface area contributed by atoms with Gasteiger partial charge in [-0.05, 0) is 18.9 Å². The first-order valence-electron chi connectivity index (χ1n) is 7.93. The molecular formula is C15H21F3N4. The van der Waals surface area contributed by atoms with Crippen LogP contribution >= 0.6 is 0 Å². The summed E-state index contributed by atoms with van der Waals surface area (Å²) < 4.78 is 38.2. The largest absolute Gasteiger partial charge is 0.433 e. The SMILES string of the molecule is FC(F)(F)c1ccnc(N2CCN(C3CCCCC3)CC2)n1. The van der Waals surface area contributed by atoms with Gasteiger partial charge in [-0.25, -0.2) is 9.97 Å². The third kappa shape index (κ3) is 3.51. The van der Waals surface area contributed by atoms with E-state index in [9.17, 15) is 13.2 Å². The van der Waals surface area contributed by atoms with Crippen LogP contribution in [0, 0.1) is 0 Å². The average molecular weight is 314 g/mol. The van der Waals surface area contributed by atoms with Crippen molar-refractivity contribution >= 4 is 5.95 Å². The first kappa shape index (κ1) is 15.5. The van der Waals surface area contributed by atoms with Crippen LogP contribution in [0.3, 0.4) is 0 Å². The van der Waals surface area contributed by atoms with Crippen molar-refractivity contribution in [2.24, 2.45) is 0 Å². The van der Waals surface area contributed by atoms with Gasteiger partial charge in [-0.1, -0.05) is 19.3 Å². The van der Waals surface area contributed by atoms with Gasteiger partial charge in [0.05, 0.1) is 0 Å². The number of halogens is 3. The van der Waals surface area contributed by atoms with Crippen molar-refractivity contribution in [1.82, 2.24) is 14.9 Å². The summed E-state index contributed by atoms with van der Waals surface area (Å²) in [7, 11) is 0. The van der Waals surface area contributed by atoms with Crippen LogP contribution in [0.25, 0.3) is 0 Å². The smallest absolute Gasteiger partial charge is 0.338 e. The topological polar surface area (TPSA) is 32.3 Å². The predicted molar refractivity (Wildman–Crippen MR) is 77.7 cm³/mol. The molecule has 0 unspecified atom stereocenters. The highest BCUT2D eigenvalue weighted by atomic mass is 19.4. The van der Waals surface area contributed by atoms with Crippen LogP contribution in [0.15, 0.2) is 12.3 Å². The van der Waals surface area contributed by atoms with Gasteiger partial charge in [0, 0.05) is 38.4 Å². The van der Waals surface area contributed by atoms with E-state index in [4.69, 9.17) is 0 Å². The molecule has 1 aliphatic carbocycles. The molecule has 3 rings (SSSR count). The van der Waals surface area contributed by atoms with Gasteiger partial charge >= 0.3 is 6.18 Å². The monoisotopic (exact) mass is 314 g/mol. The van der Waals surface area contributed by atoms with E-state index in [0.29, 0.717) is 19.1 Å². The number of alkyl halides is 3. The van der Waals surface area contributed by atoms with Gasteiger partial charge in [0.2, 0.25) is 5.95 Å². The van der Waals surface area contributed by atoms with E-state index in [-0.39, 0.29) is 5.95 Å². The molecule has 1 aliphatic heterocycles. The van der Waals surface area contributed by atoms with Crippen molar-refractivity contribution in [3.8, 4) is 0 Å².